The molecule has 0 aliphatic carbocycles. The van der Waals surface area contributed by atoms with Crippen molar-refractivity contribution in [3.63, 3.8) is 0 Å². The molecule has 1 aliphatic heterocycles. The van der Waals surface area contributed by atoms with Gasteiger partial charge in [-0.1, -0.05) is 51.4 Å². The zero-order valence-electron chi connectivity index (χ0n) is 14.3. The van der Waals surface area contributed by atoms with Crippen LogP contribution in [0.25, 0.3) is 0 Å². The average molecular weight is 337 g/mol. The molecule has 120 valence electrons. The Labute approximate surface area is 139 Å². The lowest BCUT2D eigenvalue weighted by atomic mass is 9.94. The number of amides is 1. The SMILES string of the molecule is CC1CC(=O)N([Si](C)(C)C(C)(C)C)N=C1c1ccc(Cl)cc1. The van der Waals surface area contributed by atoms with Gasteiger partial charge in [-0.2, -0.15) is 5.10 Å². The quantitative estimate of drug-likeness (QED) is 0.706. The zero-order valence-corrected chi connectivity index (χ0v) is 16.0. The van der Waals surface area contributed by atoms with E-state index in [1.165, 1.54) is 0 Å². The van der Waals surface area contributed by atoms with E-state index >= 15 is 0 Å². The second-order valence-corrected chi connectivity index (χ2v) is 13.1. The van der Waals surface area contributed by atoms with Crippen LogP contribution in [0.4, 0.5) is 0 Å². The van der Waals surface area contributed by atoms with Crippen molar-refractivity contribution in [2.24, 2.45) is 11.0 Å². The Bertz CT molecular complexity index is 602. The second kappa shape index (κ2) is 5.82. The molecule has 0 spiro atoms. The summed E-state index contributed by atoms with van der Waals surface area (Å²) >= 11 is 5.97. The molecule has 0 saturated carbocycles. The molecular weight excluding hydrogens is 312 g/mol. The molecule has 1 heterocycles. The largest absolute Gasteiger partial charge is 0.274 e. The summed E-state index contributed by atoms with van der Waals surface area (Å²) in [5, 5.41) is 5.58. The van der Waals surface area contributed by atoms with E-state index in [1.807, 2.05) is 28.9 Å². The molecule has 0 bridgehead atoms. The Hall–Kier alpha value is -1.13. The summed E-state index contributed by atoms with van der Waals surface area (Å²) < 4.78 is 1.82. The molecule has 5 heteroatoms. The molecule has 1 amide bonds. The van der Waals surface area contributed by atoms with Crippen LogP contribution in [0.2, 0.25) is 23.2 Å². The number of halogens is 1. The average Bonchev–Trinajstić information content (AvgIpc) is 2.38. The topological polar surface area (TPSA) is 32.7 Å². The lowest BCUT2D eigenvalue weighted by molar-refractivity contribution is -0.128. The molecule has 2 rings (SSSR count). The van der Waals surface area contributed by atoms with Crippen LogP contribution in [0.15, 0.2) is 29.4 Å². The number of carbonyl (C=O) groups is 1. The Morgan fingerprint density at radius 1 is 1.23 bits per heavy atom. The Balaban J connectivity index is 2.47. The fourth-order valence-corrected chi connectivity index (χ4v) is 4.26. The van der Waals surface area contributed by atoms with E-state index in [9.17, 15) is 4.79 Å². The molecule has 0 aromatic heterocycles. The highest BCUT2D eigenvalue weighted by Crippen LogP contribution is 2.40. The highest BCUT2D eigenvalue weighted by molar-refractivity contribution is 6.79. The number of benzene rings is 1. The van der Waals surface area contributed by atoms with Gasteiger partial charge in [-0.05, 0) is 35.8 Å². The van der Waals surface area contributed by atoms with E-state index in [4.69, 9.17) is 16.7 Å². The lowest BCUT2D eigenvalue weighted by Gasteiger charge is -2.45. The van der Waals surface area contributed by atoms with E-state index in [-0.39, 0.29) is 16.9 Å². The summed E-state index contributed by atoms with van der Waals surface area (Å²) in [6, 6.07) is 7.72. The van der Waals surface area contributed by atoms with Gasteiger partial charge < -0.3 is 0 Å². The molecule has 0 saturated heterocycles. The second-order valence-electron chi connectivity index (χ2n) is 7.61. The van der Waals surface area contributed by atoms with Crippen LogP contribution in [0.3, 0.4) is 0 Å². The van der Waals surface area contributed by atoms with E-state index in [0.717, 1.165) is 11.3 Å². The Kier molecular flexibility index (Phi) is 4.55. The third kappa shape index (κ3) is 3.13. The molecule has 1 aliphatic rings. The molecular formula is C17H25ClN2OSi. The van der Waals surface area contributed by atoms with E-state index in [2.05, 4.69) is 40.8 Å². The predicted octanol–water partition coefficient (Wildman–Crippen LogP) is 4.92. The fourth-order valence-electron chi connectivity index (χ4n) is 2.42. The van der Waals surface area contributed by atoms with Crippen LogP contribution in [0, 0.1) is 5.92 Å². The number of nitrogens with zero attached hydrogens (tertiary/aromatic N) is 2. The van der Waals surface area contributed by atoms with Gasteiger partial charge in [0.2, 0.25) is 5.91 Å². The molecule has 0 N–H and O–H groups in total. The fraction of sp³-hybridized carbons (Fsp3) is 0.529. The maximum absolute atomic E-state index is 12.6. The molecule has 1 aromatic rings. The predicted molar refractivity (Wildman–Crippen MR) is 95.8 cm³/mol. The van der Waals surface area contributed by atoms with Gasteiger partial charge in [0.15, 0.2) is 8.24 Å². The molecule has 22 heavy (non-hydrogen) atoms. The van der Waals surface area contributed by atoms with Crippen molar-refractivity contribution in [3.05, 3.63) is 34.9 Å². The molecule has 1 aromatic carbocycles. The van der Waals surface area contributed by atoms with Gasteiger partial charge in [-0.15, -0.1) is 0 Å². The number of hydrogen-bond donors (Lipinski definition) is 0. The van der Waals surface area contributed by atoms with Gasteiger partial charge in [0.25, 0.3) is 0 Å². The van der Waals surface area contributed by atoms with E-state index in [1.54, 1.807) is 0 Å². The molecule has 1 atom stereocenters. The third-order valence-electron chi connectivity index (χ3n) is 4.90. The highest BCUT2D eigenvalue weighted by atomic mass is 35.5. The van der Waals surface area contributed by atoms with Gasteiger partial charge in [-0.25, -0.2) is 0 Å². The number of hydrazone groups is 1. The van der Waals surface area contributed by atoms with Gasteiger partial charge in [0.05, 0.1) is 5.71 Å². The normalized spacial score (nSPS) is 20.1. The van der Waals surface area contributed by atoms with Crippen molar-refractivity contribution in [1.82, 2.24) is 4.67 Å². The smallest absolute Gasteiger partial charge is 0.235 e. The third-order valence-corrected chi connectivity index (χ3v) is 10.2. The van der Waals surface area contributed by atoms with E-state index < -0.39 is 8.24 Å². The monoisotopic (exact) mass is 336 g/mol. The molecule has 1 unspecified atom stereocenters. The minimum Gasteiger partial charge on any atom is -0.274 e. The summed E-state index contributed by atoms with van der Waals surface area (Å²) in [4.78, 5) is 12.6. The van der Waals surface area contributed by atoms with E-state index in [0.29, 0.717) is 11.4 Å². The zero-order chi connectivity index (χ0) is 16.7. The number of rotatable bonds is 2. The summed E-state index contributed by atoms with van der Waals surface area (Å²) in [6.07, 6.45) is 0.522. The standard InChI is InChI=1S/C17H25ClN2OSi/c1-12-11-15(21)20(22(5,6)17(2,3)4)19-16(12)13-7-9-14(18)10-8-13/h7-10,12H,11H2,1-6H3. The maximum atomic E-state index is 12.6. The van der Waals surface area contributed by atoms with Crippen LogP contribution in [-0.4, -0.2) is 24.5 Å². The van der Waals surface area contributed by atoms with Crippen molar-refractivity contribution in [2.45, 2.75) is 52.2 Å². The van der Waals surface area contributed by atoms with Crippen molar-refractivity contribution in [1.29, 1.82) is 0 Å². The van der Waals surface area contributed by atoms with Crippen LogP contribution in [0.1, 0.15) is 39.7 Å². The van der Waals surface area contributed by atoms with Gasteiger partial charge in [0, 0.05) is 17.4 Å². The number of hydrogen-bond acceptors (Lipinski definition) is 2. The van der Waals surface area contributed by atoms with Crippen molar-refractivity contribution in [3.8, 4) is 0 Å². The van der Waals surface area contributed by atoms with Crippen LogP contribution in [0.5, 0.6) is 0 Å². The van der Waals surface area contributed by atoms with Gasteiger partial charge in [0.1, 0.15) is 0 Å². The molecule has 0 radical (unpaired) electrons. The first-order valence-corrected chi connectivity index (χ1v) is 11.0. The van der Waals surface area contributed by atoms with Gasteiger partial charge in [-0.3, -0.25) is 9.47 Å². The van der Waals surface area contributed by atoms with Crippen LogP contribution < -0.4 is 0 Å². The van der Waals surface area contributed by atoms with Crippen molar-refractivity contribution in [2.75, 3.05) is 0 Å². The van der Waals surface area contributed by atoms with Crippen molar-refractivity contribution >= 4 is 31.5 Å². The Morgan fingerprint density at radius 2 is 1.77 bits per heavy atom. The maximum Gasteiger partial charge on any atom is 0.235 e. The minimum atomic E-state index is -2.01. The first-order valence-electron chi connectivity index (χ1n) is 7.71. The van der Waals surface area contributed by atoms with Crippen molar-refractivity contribution < 1.29 is 4.79 Å². The van der Waals surface area contributed by atoms with Crippen LogP contribution >= 0.6 is 11.6 Å². The molecule has 3 nitrogen and oxygen atoms in total. The summed E-state index contributed by atoms with van der Waals surface area (Å²) in [5.74, 6) is 0.284. The summed E-state index contributed by atoms with van der Waals surface area (Å²) in [5.41, 5.74) is 2.04. The summed E-state index contributed by atoms with van der Waals surface area (Å²) in [6.45, 7) is 13.1. The highest BCUT2D eigenvalue weighted by Gasteiger charge is 2.46. The number of carbonyl (C=O) groups excluding carboxylic acids is 1. The Morgan fingerprint density at radius 3 is 2.27 bits per heavy atom. The minimum absolute atomic E-state index is 0.0673. The first-order chi connectivity index (χ1) is 10.0. The molecule has 0 fully saturated rings. The first kappa shape index (κ1) is 17.2. The summed E-state index contributed by atoms with van der Waals surface area (Å²) in [7, 11) is -2.01. The van der Waals surface area contributed by atoms with Crippen LogP contribution in [-0.2, 0) is 4.79 Å². The van der Waals surface area contributed by atoms with Gasteiger partial charge >= 0.3 is 0 Å². The lowest BCUT2D eigenvalue weighted by Crippen LogP contribution is -2.57.